The molecular formula is C25H27ClF2N2O3. The first-order chi connectivity index (χ1) is 15.5. The average molecular weight is 477 g/mol. The third kappa shape index (κ3) is 5.77. The predicted molar refractivity (Wildman–Crippen MR) is 126 cm³/mol. The molecule has 1 aromatic heterocycles. The van der Waals surface area contributed by atoms with E-state index in [2.05, 4.69) is 5.32 Å². The zero-order valence-electron chi connectivity index (χ0n) is 18.9. The largest absolute Gasteiger partial charge is 0.459 e. The number of benzene rings is 2. The van der Waals surface area contributed by atoms with E-state index in [0.29, 0.717) is 29.5 Å². The lowest BCUT2D eigenvalue weighted by Gasteiger charge is -2.33. The van der Waals surface area contributed by atoms with E-state index in [9.17, 15) is 13.6 Å². The molecule has 0 unspecified atom stereocenters. The van der Waals surface area contributed by atoms with Gasteiger partial charge in [0, 0.05) is 37.0 Å². The van der Waals surface area contributed by atoms with Gasteiger partial charge in [0.05, 0.1) is 11.6 Å². The van der Waals surface area contributed by atoms with E-state index in [4.69, 9.17) is 20.8 Å². The van der Waals surface area contributed by atoms with E-state index in [1.807, 2.05) is 41.3 Å². The summed E-state index contributed by atoms with van der Waals surface area (Å²) >= 11 is 6.50. The molecule has 176 valence electrons. The highest BCUT2D eigenvalue weighted by molar-refractivity contribution is 6.35. The van der Waals surface area contributed by atoms with Crippen molar-refractivity contribution in [3.05, 3.63) is 53.2 Å². The third-order valence-electron chi connectivity index (χ3n) is 5.50. The number of ether oxygens (including phenoxy) is 1. The van der Waals surface area contributed by atoms with Gasteiger partial charge in [-0.15, -0.1) is 0 Å². The third-order valence-corrected chi connectivity index (χ3v) is 5.82. The van der Waals surface area contributed by atoms with Gasteiger partial charge < -0.3 is 19.4 Å². The highest BCUT2D eigenvalue weighted by Crippen LogP contribution is 2.35. The minimum absolute atomic E-state index is 0.120. The van der Waals surface area contributed by atoms with Crippen molar-refractivity contribution in [1.82, 2.24) is 5.32 Å². The Balaban J connectivity index is 1.48. The van der Waals surface area contributed by atoms with Crippen LogP contribution in [0.15, 0.2) is 46.9 Å². The van der Waals surface area contributed by atoms with Crippen molar-refractivity contribution >= 4 is 34.4 Å². The summed E-state index contributed by atoms with van der Waals surface area (Å²) in [5.74, 6) is -2.00. The van der Waals surface area contributed by atoms with E-state index in [1.165, 1.54) is 0 Å². The molecule has 0 spiro atoms. The van der Waals surface area contributed by atoms with Gasteiger partial charge in [-0.3, -0.25) is 0 Å². The topological polar surface area (TPSA) is 54.7 Å². The molecule has 3 aromatic rings. The number of alkyl halides is 2. The normalized spacial score (nSPS) is 16.1. The van der Waals surface area contributed by atoms with Crippen LogP contribution < -0.4 is 10.2 Å². The van der Waals surface area contributed by atoms with Crippen molar-refractivity contribution in [2.24, 2.45) is 0 Å². The highest BCUT2D eigenvalue weighted by Gasteiger charge is 2.34. The Morgan fingerprint density at radius 3 is 2.42 bits per heavy atom. The number of anilines is 1. The summed E-state index contributed by atoms with van der Waals surface area (Å²) in [7, 11) is 0. The van der Waals surface area contributed by atoms with E-state index in [1.54, 1.807) is 26.8 Å². The van der Waals surface area contributed by atoms with Crippen LogP contribution in [0.1, 0.15) is 39.4 Å². The molecule has 0 radical (unpaired) electrons. The van der Waals surface area contributed by atoms with Crippen molar-refractivity contribution in [2.75, 3.05) is 18.0 Å². The fourth-order valence-electron chi connectivity index (χ4n) is 3.83. The first kappa shape index (κ1) is 23.4. The molecule has 2 heterocycles. The summed E-state index contributed by atoms with van der Waals surface area (Å²) < 4.78 is 38.0. The number of alkyl carbamates (subject to hydrolysis) is 1. The Kier molecular flexibility index (Phi) is 6.27. The van der Waals surface area contributed by atoms with Crippen molar-refractivity contribution in [3.63, 3.8) is 0 Å². The number of nitrogens with zero attached hydrogens (tertiary/aromatic N) is 1. The van der Waals surface area contributed by atoms with Gasteiger partial charge in [-0.1, -0.05) is 23.7 Å². The molecule has 8 heteroatoms. The molecule has 0 saturated carbocycles. The Morgan fingerprint density at radius 2 is 1.79 bits per heavy atom. The maximum atomic E-state index is 13.4. The van der Waals surface area contributed by atoms with Crippen LogP contribution in [-0.4, -0.2) is 30.7 Å². The summed E-state index contributed by atoms with van der Waals surface area (Å²) in [4.78, 5) is 13.9. The van der Waals surface area contributed by atoms with Gasteiger partial charge in [-0.2, -0.15) is 0 Å². The number of rotatable bonds is 4. The first-order valence-electron chi connectivity index (χ1n) is 10.9. The number of fused-ring (bicyclic) bond motifs is 1. The number of amides is 1. The van der Waals surface area contributed by atoms with Crippen LogP contribution in [0.4, 0.5) is 19.3 Å². The number of piperidine rings is 1. The molecular weight excluding hydrogens is 450 g/mol. The molecule has 4 rings (SSSR count). The van der Waals surface area contributed by atoms with Crippen LogP contribution >= 0.6 is 11.6 Å². The van der Waals surface area contributed by atoms with Crippen LogP contribution in [0, 0.1) is 0 Å². The fraction of sp³-hybridized carbons (Fsp3) is 0.400. The number of hydrogen-bond donors (Lipinski definition) is 1. The number of carbonyl (C=O) groups is 1. The SMILES string of the molecule is CC(C)(C)OC(=O)NCc1cc2c(Cl)cc(-c3ccc(N4CCC(F)(F)CC4)cc3)cc2o1. The molecule has 33 heavy (non-hydrogen) atoms. The molecule has 1 amide bonds. The van der Waals surface area contributed by atoms with Gasteiger partial charge in [0.1, 0.15) is 16.9 Å². The standard InChI is InChI=1S/C25H27ClF2N2O3/c1-24(2,3)33-23(31)29-15-19-14-20-21(26)12-17(13-22(20)32-19)16-4-6-18(7-5-16)30-10-8-25(27,28)9-11-30/h4-7,12-14H,8-11,15H2,1-3H3,(H,29,31). The maximum Gasteiger partial charge on any atom is 0.408 e. The van der Waals surface area contributed by atoms with Crippen LogP contribution in [0.25, 0.3) is 22.1 Å². The number of nitrogens with one attached hydrogen (secondary N) is 1. The Labute approximate surface area is 196 Å². The second-order valence-corrected chi connectivity index (χ2v) is 9.74. The van der Waals surface area contributed by atoms with Gasteiger partial charge in [0.2, 0.25) is 0 Å². The lowest BCUT2D eigenvalue weighted by Crippen LogP contribution is -2.39. The van der Waals surface area contributed by atoms with Gasteiger partial charge in [0.25, 0.3) is 5.92 Å². The van der Waals surface area contributed by atoms with Crippen LogP contribution in [-0.2, 0) is 11.3 Å². The summed E-state index contributed by atoms with van der Waals surface area (Å²) in [5.41, 5.74) is 2.78. The zero-order valence-corrected chi connectivity index (χ0v) is 19.6. The molecule has 0 atom stereocenters. The molecule has 1 aliphatic heterocycles. The molecule has 0 aliphatic carbocycles. The fourth-order valence-corrected chi connectivity index (χ4v) is 4.10. The van der Waals surface area contributed by atoms with Crippen molar-refractivity contribution in [3.8, 4) is 11.1 Å². The minimum Gasteiger partial charge on any atom is -0.459 e. The van der Waals surface area contributed by atoms with Crippen molar-refractivity contribution < 1.29 is 22.7 Å². The minimum atomic E-state index is -2.56. The van der Waals surface area contributed by atoms with Gasteiger partial charge in [-0.05, 0) is 62.2 Å². The summed E-state index contributed by atoms with van der Waals surface area (Å²) in [6.07, 6.45) is -0.762. The van der Waals surface area contributed by atoms with Gasteiger partial charge in [0.15, 0.2) is 0 Å². The molecule has 0 bridgehead atoms. The first-order valence-corrected chi connectivity index (χ1v) is 11.3. The van der Waals surface area contributed by atoms with Gasteiger partial charge >= 0.3 is 6.09 Å². The zero-order chi connectivity index (χ0) is 23.8. The van der Waals surface area contributed by atoms with E-state index < -0.39 is 17.6 Å². The molecule has 1 saturated heterocycles. The van der Waals surface area contributed by atoms with Crippen LogP contribution in [0.3, 0.4) is 0 Å². The Bertz CT molecular complexity index is 1140. The molecule has 1 N–H and O–H groups in total. The molecule has 1 aliphatic rings. The monoisotopic (exact) mass is 476 g/mol. The van der Waals surface area contributed by atoms with E-state index in [-0.39, 0.29) is 19.4 Å². The highest BCUT2D eigenvalue weighted by atomic mass is 35.5. The van der Waals surface area contributed by atoms with Crippen molar-refractivity contribution in [2.45, 2.75) is 51.7 Å². The average Bonchev–Trinajstić information content (AvgIpc) is 3.15. The lowest BCUT2D eigenvalue weighted by molar-refractivity contribution is -0.0220. The smallest absolute Gasteiger partial charge is 0.408 e. The quantitative estimate of drug-likeness (QED) is 0.440. The van der Waals surface area contributed by atoms with E-state index in [0.717, 1.165) is 22.2 Å². The maximum absolute atomic E-state index is 13.4. The number of carbonyl (C=O) groups excluding carboxylic acids is 1. The second kappa shape index (κ2) is 8.86. The lowest BCUT2D eigenvalue weighted by atomic mass is 10.0. The Hall–Kier alpha value is -2.80. The molecule has 2 aromatic carbocycles. The molecule has 1 fully saturated rings. The second-order valence-electron chi connectivity index (χ2n) is 9.33. The molecule has 5 nitrogen and oxygen atoms in total. The van der Waals surface area contributed by atoms with Gasteiger partial charge in [-0.25, -0.2) is 13.6 Å². The summed E-state index contributed by atoms with van der Waals surface area (Å²) in [6.45, 7) is 6.26. The number of furan rings is 1. The summed E-state index contributed by atoms with van der Waals surface area (Å²) in [6, 6.07) is 13.3. The number of halogens is 3. The number of hydrogen-bond acceptors (Lipinski definition) is 4. The Morgan fingerprint density at radius 1 is 1.12 bits per heavy atom. The summed E-state index contributed by atoms with van der Waals surface area (Å²) in [5, 5.41) is 3.97. The van der Waals surface area contributed by atoms with E-state index >= 15 is 0 Å². The predicted octanol–water partition coefficient (Wildman–Crippen LogP) is 7.01. The van der Waals surface area contributed by atoms with Crippen molar-refractivity contribution in [1.29, 1.82) is 0 Å². The van der Waals surface area contributed by atoms with Crippen LogP contribution in [0.5, 0.6) is 0 Å². The van der Waals surface area contributed by atoms with Crippen LogP contribution in [0.2, 0.25) is 5.02 Å².